The van der Waals surface area contributed by atoms with Gasteiger partial charge in [0.1, 0.15) is 17.4 Å². The van der Waals surface area contributed by atoms with Gasteiger partial charge in [-0.15, -0.1) is 11.3 Å². The van der Waals surface area contributed by atoms with Crippen molar-refractivity contribution in [1.29, 1.82) is 5.26 Å². The topological polar surface area (TPSA) is 79.9 Å². The molecule has 0 saturated carbocycles. The van der Waals surface area contributed by atoms with Gasteiger partial charge in [0.05, 0.1) is 12.8 Å². The molecular formula is C23H24N4O2S. The second-order valence-electron chi connectivity index (χ2n) is 6.87. The average molecular weight is 421 g/mol. The first kappa shape index (κ1) is 21.3. The van der Waals surface area contributed by atoms with E-state index in [-0.39, 0.29) is 5.57 Å². The molecule has 0 bridgehead atoms. The zero-order valence-corrected chi connectivity index (χ0v) is 18.3. The Morgan fingerprint density at radius 1 is 1.33 bits per heavy atom. The maximum atomic E-state index is 12.6. The van der Waals surface area contributed by atoms with E-state index in [2.05, 4.69) is 21.8 Å². The summed E-state index contributed by atoms with van der Waals surface area (Å²) < 4.78 is 7.36. The molecule has 0 atom stereocenters. The van der Waals surface area contributed by atoms with E-state index in [1.165, 1.54) is 11.3 Å². The number of thiazole rings is 1. The number of nitriles is 1. The lowest BCUT2D eigenvalue weighted by atomic mass is 10.1. The van der Waals surface area contributed by atoms with Crippen LogP contribution in [0.1, 0.15) is 30.3 Å². The highest BCUT2D eigenvalue weighted by molar-refractivity contribution is 7.14. The van der Waals surface area contributed by atoms with Crippen LogP contribution >= 0.6 is 11.3 Å². The molecule has 1 amide bonds. The molecule has 2 aromatic heterocycles. The smallest absolute Gasteiger partial charge is 0.268 e. The van der Waals surface area contributed by atoms with Crippen molar-refractivity contribution >= 4 is 28.5 Å². The van der Waals surface area contributed by atoms with E-state index in [0.717, 1.165) is 46.9 Å². The van der Waals surface area contributed by atoms with Crippen LogP contribution in [0.2, 0.25) is 0 Å². The second kappa shape index (κ2) is 9.42. The van der Waals surface area contributed by atoms with Crippen molar-refractivity contribution in [3.8, 4) is 23.1 Å². The van der Waals surface area contributed by atoms with Gasteiger partial charge in [-0.1, -0.05) is 6.92 Å². The molecule has 3 aromatic rings. The van der Waals surface area contributed by atoms with Crippen molar-refractivity contribution in [1.82, 2.24) is 9.55 Å². The van der Waals surface area contributed by atoms with E-state index in [0.29, 0.717) is 5.13 Å². The number of rotatable bonds is 7. The summed E-state index contributed by atoms with van der Waals surface area (Å²) in [5.41, 5.74) is 4.77. The number of ether oxygens (including phenoxy) is 1. The fourth-order valence-electron chi connectivity index (χ4n) is 3.24. The summed E-state index contributed by atoms with van der Waals surface area (Å²) in [5, 5.41) is 14.6. The minimum absolute atomic E-state index is 0.0490. The van der Waals surface area contributed by atoms with Crippen molar-refractivity contribution in [3.63, 3.8) is 0 Å². The number of hydrogen-bond acceptors (Lipinski definition) is 5. The number of nitrogens with zero attached hydrogens (tertiary/aromatic N) is 3. The summed E-state index contributed by atoms with van der Waals surface area (Å²) >= 11 is 1.32. The van der Waals surface area contributed by atoms with Crippen LogP contribution in [0.25, 0.3) is 17.3 Å². The number of aromatic nitrogens is 2. The highest BCUT2D eigenvalue weighted by atomic mass is 32.1. The first-order valence-electron chi connectivity index (χ1n) is 9.66. The lowest BCUT2D eigenvalue weighted by molar-refractivity contribution is -0.112. The Hall–Kier alpha value is -3.37. The molecule has 0 aliphatic heterocycles. The van der Waals surface area contributed by atoms with Crippen LogP contribution in [0.5, 0.6) is 5.75 Å². The fraction of sp³-hybridized carbons (Fsp3) is 0.261. The van der Waals surface area contributed by atoms with Crippen molar-refractivity contribution in [2.24, 2.45) is 0 Å². The van der Waals surface area contributed by atoms with E-state index in [1.54, 1.807) is 13.2 Å². The van der Waals surface area contributed by atoms with Crippen molar-refractivity contribution in [2.75, 3.05) is 12.4 Å². The molecule has 1 aromatic carbocycles. The Balaban J connectivity index is 1.78. The number of nitrogens with one attached hydrogen (secondary N) is 1. The first-order valence-corrected chi connectivity index (χ1v) is 10.5. The number of amides is 1. The normalized spacial score (nSPS) is 11.2. The van der Waals surface area contributed by atoms with Crippen LogP contribution in [0.4, 0.5) is 5.13 Å². The maximum absolute atomic E-state index is 12.6. The Labute approximate surface area is 180 Å². The molecule has 0 aliphatic rings. The van der Waals surface area contributed by atoms with Crippen LogP contribution < -0.4 is 10.1 Å². The first-order chi connectivity index (χ1) is 14.5. The minimum Gasteiger partial charge on any atom is -0.497 e. The number of carbonyl (C=O) groups is 1. The predicted octanol–water partition coefficient (Wildman–Crippen LogP) is 5.19. The van der Waals surface area contributed by atoms with Gasteiger partial charge in [0.25, 0.3) is 5.91 Å². The lowest BCUT2D eigenvalue weighted by Crippen LogP contribution is -2.13. The largest absolute Gasteiger partial charge is 0.497 e. The Bertz CT molecular complexity index is 1120. The van der Waals surface area contributed by atoms with E-state index in [1.807, 2.05) is 55.6 Å². The van der Waals surface area contributed by atoms with Gasteiger partial charge in [0.15, 0.2) is 5.13 Å². The van der Waals surface area contributed by atoms with Crippen molar-refractivity contribution < 1.29 is 9.53 Å². The number of benzene rings is 1. The second-order valence-corrected chi connectivity index (χ2v) is 7.73. The number of methoxy groups -OCH3 is 1. The van der Waals surface area contributed by atoms with Crippen molar-refractivity contribution in [2.45, 2.75) is 33.7 Å². The number of carbonyl (C=O) groups excluding carboxylic acids is 1. The van der Waals surface area contributed by atoms with Gasteiger partial charge >= 0.3 is 0 Å². The van der Waals surface area contributed by atoms with Gasteiger partial charge < -0.3 is 9.30 Å². The molecule has 0 radical (unpaired) electrons. The summed E-state index contributed by atoms with van der Waals surface area (Å²) in [6.07, 6.45) is 2.66. The van der Waals surface area contributed by atoms with Gasteiger partial charge in [-0.3, -0.25) is 10.1 Å². The van der Waals surface area contributed by atoms with Crippen LogP contribution in [0.15, 0.2) is 41.3 Å². The van der Waals surface area contributed by atoms with Crippen molar-refractivity contribution in [3.05, 3.63) is 58.2 Å². The zero-order chi connectivity index (χ0) is 21.7. The summed E-state index contributed by atoms with van der Waals surface area (Å²) in [6.45, 7) is 7.06. The summed E-state index contributed by atoms with van der Waals surface area (Å²) in [7, 11) is 1.62. The third-order valence-electron chi connectivity index (χ3n) is 4.84. The standard InChI is InChI=1S/C23H24N4O2S/c1-5-10-27-15(2)11-18(16(27)3)12-19(13-24)22(28)26-23-25-21(14-30-23)17-6-8-20(29-4)9-7-17/h6-9,11-12,14H,5,10H2,1-4H3,(H,25,26,28)/b19-12+. The Morgan fingerprint density at radius 2 is 2.07 bits per heavy atom. The minimum atomic E-state index is -0.464. The third-order valence-corrected chi connectivity index (χ3v) is 5.59. The SMILES string of the molecule is CCCn1c(C)cc(/C=C(\C#N)C(=O)Nc2nc(-c3ccc(OC)cc3)cs2)c1C. The quantitative estimate of drug-likeness (QED) is 0.421. The third kappa shape index (κ3) is 4.61. The Kier molecular flexibility index (Phi) is 6.70. The van der Waals surface area contributed by atoms with Crippen LogP contribution in [-0.2, 0) is 11.3 Å². The highest BCUT2D eigenvalue weighted by Crippen LogP contribution is 2.27. The number of aryl methyl sites for hydroxylation is 1. The molecule has 3 rings (SSSR count). The van der Waals surface area contributed by atoms with Gasteiger partial charge in [0, 0.05) is 28.9 Å². The number of hydrogen-bond donors (Lipinski definition) is 1. The molecule has 6 nitrogen and oxygen atoms in total. The molecule has 1 N–H and O–H groups in total. The average Bonchev–Trinajstić information content (AvgIpc) is 3.32. The summed E-state index contributed by atoms with van der Waals surface area (Å²) in [5.74, 6) is 0.304. The zero-order valence-electron chi connectivity index (χ0n) is 17.5. The molecule has 0 aliphatic carbocycles. The van der Waals surface area contributed by atoms with E-state index in [4.69, 9.17) is 4.74 Å². The molecule has 30 heavy (non-hydrogen) atoms. The molecular weight excluding hydrogens is 396 g/mol. The van der Waals surface area contributed by atoms with E-state index in [9.17, 15) is 10.1 Å². The van der Waals surface area contributed by atoms with Gasteiger partial charge in [0.2, 0.25) is 0 Å². The molecule has 0 spiro atoms. The summed E-state index contributed by atoms with van der Waals surface area (Å²) in [4.78, 5) is 17.1. The molecule has 154 valence electrons. The fourth-order valence-corrected chi connectivity index (χ4v) is 3.95. The van der Waals surface area contributed by atoms with Gasteiger partial charge in [-0.25, -0.2) is 4.98 Å². The molecule has 0 fully saturated rings. The Morgan fingerprint density at radius 3 is 2.70 bits per heavy atom. The maximum Gasteiger partial charge on any atom is 0.268 e. The predicted molar refractivity (Wildman–Crippen MR) is 121 cm³/mol. The van der Waals surface area contributed by atoms with Gasteiger partial charge in [-0.05, 0) is 62.2 Å². The van der Waals surface area contributed by atoms with E-state index >= 15 is 0 Å². The van der Waals surface area contributed by atoms with Gasteiger partial charge in [-0.2, -0.15) is 5.26 Å². The molecule has 0 saturated heterocycles. The molecule has 7 heteroatoms. The van der Waals surface area contributed by atoms with Crippen LogP contribution in [0.3, 0.4) is 0 Å². The van der Waals surface area contributed by atoms with Crippen LogP contribution in [0, 0.1) is 25.2 Å². The molecule has 2 heterocycles. The summed E-state index contributed by atoms with van der Waals surface area (Å²) in [6, 6.07) is 11.6. The number of anilines is 1. The monoisotopic (exact) mass is 420 g/mol. The van der Waals surface area contributed by atoms with Crippen LogP contribution in [-0.4, -0.2) is 22.6 Å². The van der Waals surface area contributed by atoms with E-state index < -0.39 is 5.91 Å². The highest BCUT2D eigenvalue weighted by Gasteiger charge is 2.15. The lowest BCUT2D eigenvalue weighted by Gasteiger charge is -2.07. The molecule has 0 unspecified atom stereocenters.